The van der Waals surface area contributed by atoms with Crippen molar-refractivity contribution in [2.45, 2.75) is 0 Å². The van der Waals surface area contributed by atoms with E-state index in [0.29, 0.717) is 3.57 Å². The Labute approximate surface area is 135 Å². The molecule has 0 atom stereocenters. The highest BCUT2D eigenvalue weighted by Crippen LogP contribution is 2.26. The minimum atomic E-state index is -0.907. The standard InChI is InChI=1S/C13H7BrF2INO2/c14-6-3-9(15)12(10(16)4-6)18-13(20)8-5-7(17)1-2-11(8)19/h1-5,19H,(H,18,20). The number of halogens is 4. The number of carbonyl (C=O) groups is 1. The number of phenols is 1. The predicted octanol–water partition coefficient (Wildman–Crippen LogP) is 4.29. The van der Waals surface area contributed by atoms with Crippen LogP contribution in [0.1, 0.15) is 10.4 Å². The molecule has 104 valence electrons. The van der Waals surface area contributed by atoms with Gasteiger partial charge in [-0.15, -0.1) is 0 Å². The summed E-state index contributed by atoms with van der Waals surface area (Å²) in [5.74, 6) is -2.87. The number of rotatable bonds is 2. The maximum absolute atomic E-state index is 13.6. The van der Waals surface area contributed by atoms with E-state index in [-0.39, 0.29) is 15.8 Å². The lowest BCUT2D eigenvalue weighted by atomic mass is 10.2. The maximum Gasteiger partial charge on any atom is 0.259 e. The van der Waals surface area contributed by atoms with E-state index in [9.17, 15) is 18.7 Å². The van der Waals surface area contributed by atoms with Gasteiger partial charge in [0.25, 0.3) is 5.91 Å². The van der Waals surface area contributed by atoms with E-state index >= 15 is 0 Å². The summed E-state index contributed by atoms with van der Waals surface area (Å²) in [5, 5.41) is 11.7. The number of amides is 1. The zero-order valence-corrected chi connectivity index (χ0v) is 13.5. The Balaban J connectivity index is 2.35. The minimum Gasteiger partial charge on any atom is -0.507 e. The van der Waals surface area contributed by atoms with E-state index < -0.39 is 23.2 Å². The summed E-state index contributed by atoms with van der Waals surface area (Å²) in [7, 11) is 0. The molecule has 0 aromatic heterocycles. The normalized spacial score (nSPS) is 10.4. The Morgan fingerprint density at radius 3 is 2.40 bits per heavy atom. The second kappa shape index (κ2) is 6.04. The van der Waals surface area contributed by atoms with E-state index in [1.807, 2.05) is 22.6 Å². The van der Waals surface area contributed by atoms with Crippen LogP contribution < -0.4 is 5.32 Å². The first-order chi connectivity index (χ1) is 9.38. The molecular weight excluding hydrogens is 447 g/mol. The lowest BCUT2D eigenvalue weighted by molar-refractivity contribution is 0.102. The number of hydrogen-bond donors (Lipinski definition) is 2. The van der Waals surface area contributed by atoms with Crippen molar-refractivity contribution in [2.24, 2.45) is 0 Å². The molecule has 0 aliphatic carbocycles. The topological polar surface area (TPSA) is 49.3 Å². The van der Waals surface area contributed by atoms with Gasteiger partial charge < -0.3 is 10.4 Å². The summed E-state index contributed by atoms with van der Waals surface area (Å²) < 4.78 is 28.2. The number of anilines is 1. The van der Waals surface area contributed by atoms with Gasteiger partial charge >= 0.3 is 0 Å². The van der Waals surface area contributed by atoms with Gasteiger partial charge in [-0.25, -0.2) is 8.78 Å². The molecule has 7 heteroatoms. The molecule has 0 aliphatic heterocycles. The third-order valence-electron chi connectivity index (χ3n) is 2.45. The number of benzene rings is 2. The van der Waals surface area contributed by atoms with Crippen LogP contribution in [-0.4, -0.2) is 11.0 Å². The zero-order valence-electron chi connectivity index (χ0n) is 9.75. The molecule has 0 unspecified atom stereocenters. The molecule has 0 saturated heterocycles. The van der Waals surface area contributed by atoms with Crippen LogP contribution in [0.25, 0.3) is 0 Å². The quantitative estimate of drug-likeness (QED) is 0.666. The molecule has 0 radical (unpaired) electrons. The molecule has 20 heavy (non-hydrogen) atoms. The fourth-order valence-corrected chi connectivity index (χ4v) is 2.43. The van der Waals surface area contributed by atoms with Crippen LogP contribution in [-0.2, 0) is 0 Å². The second-order valence-electron chi connectivity index (χ2n) is 3.86. The van der Waals surface area contributed by atoms with Crippen molar-refractivity contribution in [3.05, 3.63) is 55.6 Å². The van der Waals surface area contributed by atoms with Crippen LogP contribution >= 0.6 is 38.5 Å². The van der Waals surface area contributed by atoms with Gasteiger partial charge in [-0.1, -0.05) is 15.9 Å². The summed E-state index contributed by atoms with van der Waals surface area (Å²) in [4.78, 5) is 12.0. The first kappa shape index (κ1) is 15.2. The molecular formula is C13H7BrF2INO2. The molecule has 0 bridgehead atoms. The molecule has 2 aromatic rings. The van der Waals surface area contributed by atoms with Crippen molar-refractivity contribution in [2.75, 3.05) is 5.32 Å². The lowest BCUT2D eigenvalue weighted by Gasteiger charge is -2.09. The fourth-order valence-electron chi connectivity index (χ4n) is 1.53. The van der Waals surface area contributed by atoms with Crippen LogP contribution in [0.3, 0.4) is 0 Å². The summed E-state index contributed by atoms with van der Waals surface area (Å²) in [6.45, 7) is 0. The van der Waals surface area contributed by atoms with Crippen molar-refractivity contribution in [3.63, 3.8) is 0 Å². The summed E-state index contributed by atoms with van der Waals surface area (Å²) >= 11 is 4.90. The maximum atomic E-state index is 13.6. The minimum absolute atomic E-state index is 0.0568. The van der Waals surface area contributed by atoms with Gasteiger partial charge in [0.2, 0.25) is 0 Å². The van der Waals surface area contributed by atoms with Crippen molar-refractivity contribution >= 4 is 50.1 Å². The first-order valence-corrected chi connectivity index (χ1v) is 7.20. The molecule has 2 aromatic carbocycles. The van der Waals surface area contributed by atoms with E-state index in [4.69, 9.17) is 0 Å². The molecule has 0 heterocycles. The Kier molecular flexibility index (Phi) is 4.59. The number of aromatic hydroxyl groups is 1. The SMILES string of the molecule is O=C(Nc1c(F)cc(Br)cc1F)c1cc(I)ccc1O. The highest BCUT2D eigenvalue weighted by Gasteiger charge is 2.17. The average molecular weight is 454 g/mol. The Bertz CT molecular complexity index is 671. The smallest absolute Gasteiger partial charge is 0.259 e. The van der Waals surface area contributed by atoms with Crippen molar-refractivity contribution in [1.29, 1.82) is 0 Å². The lowest BCUT2D eigenvalue weighted by Crippen LogP contribution is -2.14. The van der Waals surface area contributed by atoms with Crippen LogP contribution in [0.5, 0.6) is 5.75 Å². The van der Waals surface area contributed by atoms with Gasteiger partial charge in [0, 0.05) is 8.04 Å². The van der Waals surface area contributed by atoms with Crippen LogP contribution in [0, 0.1) is 15.2 Å². The highest BCUT2D eigenvalue weighted by atomic mass is 127. The zero-order chi connectivity index (χ0) is 14.9. The Morgan fingerprint density at radius 2 is 1.80 bits per heavy atom. The summed E-state index contributed by atoms with van der Waals surface area (Å²) in [5.41, 5.74) is -0.616. The van der Waals surface area contributed by atoms with Crippen LogP contribution in [0.2, 0.25) is 0 Å². The largest absolute Gasteiger partial charge is 0.507 e. The molecule has 2 rings (SSSR count). The third-order valence-corrected chi connectivity index (χ3v) is 3.58. The fraction of sp³-hybridized carbons (Fsp3) is 0. The second-order valence-corrected chi connectivity index (χ2v) is 6.02. The number of carbonyl (C=O) groups excluding carboxylic acids is 1. The molecule has 3 nitrogen and oxygen atoms in total. The van der Waals surface area contributed by atoms with Gasteiger partial charge in [0.05, 0.1) is 5.56 Å². The van der Waals surface area contributed by atoms with E-state index in [1.165, 1.54) is 12.1 Å². The van der Waals surface area contributed by atoms with Crippen LogP contribution in [0.15, 0.2) is 34.8 Å². The highest BCUT2D eigenvalue weighted by molar-refractivity contribution is 14.1. The first-order valence-electron chi connectivity index (χ1n) is 5.33. The molecule has 2 N–H and O–H groups in total. The summed E-state index contributed by atoms with van der Waals surface area (Å²) in [6, 6.07) is 6.43. The van der Waals surface area contributed by atoms with E-state index in [1.54, 1.807) is 6.07 Å². The monoisotopic (exact) mass is 453 g/mol. The molecule has 0 saturated carbocycles. The van der Waals surface area contributed by atoms with Gasteiger partial charge in [0.15, 0.2) is 11.6 Å². The van der Waals surface area contributed by atoms with Crippen LogP contribution in [0.4, 0.5) is 14.5 Å². The predicted molar refractivity (Wildman–Crippen MR) is 82.8 cm³/mol. The van der Waals surface area contributed by atoms with Gasteiger partial charge in [-0.3, -0.25) is 4.79 Å². The van der Waals surface area contributed by atoms with Crippen molar-refractivity contribution in [3.8, 4) is 5.75 Å². The van der Waals surface area contributed by atoms with Gasteiger partial charge in [-0.2, -0.15) is 0 Å². The van der Waals surface area contributed by atoms with Crippen molar-refractivity contribution < 1.29 is 18.7 Å². The van der Waals surface area contributed by atoms with Gasteiger partial charge in [0.1, 0.15) is 11.4 Å². The van der Waals surface area contributed by atoms with Crippen molar-refractivity contribution in [1.82, 2.24) is 0 Å². The molecule has 0 aliphatic rings. The average Bonchev–Trinajstić information content (AvgIpc) is 2.36. The van der Waals surface area contributed by atoms with E-state index in [0.717, 1.165) is 12.1 Å². The molecule has 0 spiro atoms. The van der Waals surface area contributed by atoms with Gasteiger partial charge in [-0.05, 0) is 52.9 Å². The number of nitrogens with one attached hydrogen (secondary N) is 1. The molecule has 1 amide bonds. The van der Waals surface area contributed by atoms with E-state index in [2.05, 4.69) is 21.2 Å². The number of phenolic OH excluding ortho intramolecular Hbond substituents is 1. The third kappa shape index (κ3) is 3.26. The number of hydrogen-bond acceptors (Lipinski definition) is 2. The summed E-state index contributed by atoms with van der Waals surface area (Å²) in [6.07, 6.45) is 0. The Morgan fingerprint density at radius 1 is 1.20 bits per heavy atom. The molecule has 0 fully saturated rings. The Hall–Kier alpha value is -1.22.